The first-order chi connectivity index (χ1) is 12.6. The molecule has 0 aliphatic heterocycles. The normalized spacial score (nSPS) is 11.4. The number of hydrogen-bond acceptors (Lipinski definition) is 4. The van der Waals surface area contributed by atoms with Gasteiger partial charge in [-0.25, -0.2) is 0 Å². The van der Waals surface area contributed by atoms with Gasteiger partial charge in [-0.1, -0.05) is 45.9 Å². The smallest absolute Gasteiger partial charge is 0.132 e. The third kappa shape index (κ3) is 6.66. The molecule has 0 saturated carbocycles. The standard InChI is InChI=1S/C11H15IO2.C11H16O2/c1-11(2,7-13)8-4-5-10(14-3)9(12)6-8;1-11(2,8-12)9-4-6-10(13-3)7-5-9/h4-6,13H,7H2,1-3H3;4-7,12H,8H2,1-3H3. The van der Waals surface area contributed by atoms with E-state index in [0.717, 1.165) is 26.2 Å². The molecule has 0 amide bonds. The molecule has 0 unspecified atom stereocenters. The molecular formula is C22H31IO4. The summed E-state index contributed by atoms with van der Waals surface area (Å²) in [5, 5.41) is 18.4. The molecule has 0 saturated heterocycles. The molecule has 27 heavy (non-hydrogen) atoms. The molecule has 4 nitrogen and oxygen atoms in total. The summed E-state index contributed by atoms with van der Waals surface area (Å²) in [5.41, 5.74) is 1.89. The van der Waals surface area contributed by atoms with Crippen LogP contribution in [-0.4, -0.2) is 37.6 Å². The first-order valence-electron chi connectivity index (χ1n) is 8.81. The molecule has 0 spiro atoms. The lowest BCUT2D eigenvalue weighted by Gasteiger charge is -2.22. The van der Waals surface area contributed by atoms with Crippen LogP contribution in [0, 0.1) is 3.57 Å². The van der Waals surface area contributed by atoms with Crippen molar-refractivity contribution in [2.45, 2.75) is 38.5 Å². The van der Waals surface area contributed by atoms with Crippen LogP contribution in [0.5, 0.6) is 11.5 Å². The summed E-state index contributed by atoms with van der Waals surface area (Å²) in [4.78, 5) is 0. The summed E-state index contributed by atoms with van der Waals surface area (Å²) in [6.45, 7) is 8.36. The van der Waals surface area contributed by atoms with E-state index in [1.807, 2.05) is 64.1 Å². The molecule has 0 fully saturated rings. The van der Waals surface area contributed by atoms with E-state index in [-0.39, 0.29) is 24.0 Å². The van der Waals surface area contributed by atoms with Crippen LogP contribution in [-0.2, 0) is 10.8 Å². The number of hydrogen-bond donors (Lipinski definition) is 2. The van der Waals surface area contributed by atoms with Crippen LogP contribution in [0.25, 0.3) is 0 Å². The highest BCUT2D eigenvalue weighted by atomic mass is 127. The van der Waals surface area contributed by atoms with Crippen LogP contribution >= 0.6 is 22.6 Å². The van der Waals surface area contributed by atoms with Crippen molar-refractivity contribution >= 4 is 22.6 Å². The Hall–Kier alpha value is -1.31. The fourth-order valence-electron chi connectivity index (χ4n) is 2.31. The number of ether oxygens (including phenoxy) is 2. The minimum Gasteiger partial charge on any atom is -0.497 e. The molecule has 2 N–H and O–H groups in total. The van der Waals surface area contributed by atoms with Crippen LogP contribution < -0.4 is 9.47 Å². The Morgan fingerprint density at radius 1 is 0.778 bits per heavy atom. The third-order valence-corrected chi connectivity index (χ3v) is 5.44. The van der Waals surface area contributed by atoms with Crippen molar-refractivity contribution in [3.63, 3.8) is 0 Å². The van der Waals surface area contributed by atoms with Gasteiger partial charge in [-0.05, 0) is 58.0 Å². The summed E-state index contributed by atoms with van der Waals surface area (Å²) in [5.74, 6) is 1.72. The predicted octanol–water partition coefficient (Wildman–Crippen LogP) is 4.53. The number of methoxy groups -OCH3 is 2. The minimum absolute atomic E-state index is 0.148. The summed E-state index contributed by atoms with van der Waals surface area (Å²) < 4.78 is 11.3. The van der Waals surface area contributed by atoms with Crippen molar-refractivity contribution in [1.82, 2.24) is 0 Å². The molecule has 2 aromatic rings. The molecule has 150 valence electrons. The lowest BCUT2D eigenvalue weighted by atomic mass is 9.86. The van der Waals surface area contributed by atoms with Crippen molar-refractivity contribution in [3.8, 4) is 11.5 Å². The number of halogens is 1. The molecule has 0 aliphatic carbocycles. The van der Waals surface area contributed by atoms with Crippen LogP contribution in [0.1, 0.15) is 38.8 Å². The van der Waals surface area contributed by atoms with Gasteiger partial charge in [-0.2, -0.15) is 0 Å². The summed E-state index contributed by atoms with van der Waals surface area (Å²) in [6.07, 6.45) is 0. The van der Waals surface area contributed by atoms with Gasteiger partial charge >= 0.3 is 0 Å². The Bertz CT molecular complexity index is 709. The highest BCUT2D eigenvalue weighted by Gasteiger charge is 2.20. The summed E-state index contributed by atoms with van der Waals surface area (Å²) in [7, 11) is 3.31. The highest BCUT2D eigenvalue weighted by Crippen LogP contribution is 2.28. The van der Waals surface area contributed by atoms with E-state index in [0.29, 0.717) is 0 Å². The van der Waals surface area contributed by atoms with Crippen molar-refractivity contribution in [1.29, 1.82) is 0 Å². The number of benzene rings is 2. The fourth-order valence-corrected chi connectivity index (χ4v) is 3.05. The van der Waals surface area contributed by atoms with Crippen molar-refractivity contribution in [2.75, 3.05) is 27.4 Å². The lowest BCUT2D eigenvalue weighted by Crippen LogP contribution is -2.22. The van der Waals surface area contributed by atoms with E-state index >= 15 is 0 Å². The Morgan fingerprint density at radius 2 is 1.26 bits per heavy atom. The van der Waals surface area contributed by atoms with E-state index < -0.39 is 0 Å². The second-order valence-corrected chi connectivity index (χ2v) is 8.82. The van der Waals surface area contributed by atoms with Crippen molar-refractivity contribution in [3.05, 3.63) is 57.2 Å². The van der Waals surface area contributed by atoms with Crippen LogP contribution in [0.4, 0.5) is 0 Å². The Kier molecular flexibility index (Phi) is 9.05. The van der Waals surface area contributed by atoms with E-state index in [1.165, 1.54) is 0 Å². The molecule has 0 radical (unpaired) electrons. The first-order valence-corrected chi connectivity index (χ1v) is 9.89. The first kappa shape index (κ1) is 23.7. The zero-order valence-corrected chi connectivity index (χ0v) is 19.2. The predicted molar refractivity (Wildman–Crippen MR) is 119 cm³/mol. The monoisotopic (exact) mass is 486 g/mol. The zero-order valence-electron chi connectivity index (χ0n) is 17.0. The maximum atomic E-state index is 9.23. The quantitative estimate of drug-likeness (QED) is 0.589. The van der Waals surface area contributed by atoms with Gasteiger partial charge in [0.05, 0.1) is 31.0 Å². The molecule has 0 aliphatic rings. The molecule has 0 atom stereocenters. The second kappa shape index (κ2) is 10.3. The molecule has 0 heterocycles. The Morgan fingerprint density at radius 3 is 1.67 bits per heavy atom. The van der Waals surface area contributed by atoms with E-state index in [4.69, 9.17) is 14.6 Å². The second-order valence-electron chi connectivity index (χ2n) is 7.66. The SMILES string of the molecule is COc1ccc(C(C)(C)CO)cc1.COc1ccc(C(C)(C)CO)cc1I. The van der Waals surface area contributed by atoms with Gasteiger partial charge in [-0.3, -0.25) is 0 Å². The Labute approximate surface area is 176 Å². The van der Waals surface area contributed by atoms with Crippen LogP contribution in [0.3, 0.4) is 0 Å². The van der Waals surface area contributed by atoms with Gasteiger partial charge in [0.15, 0.2) is 0 Å². The van der Waals surface area contributed by atoms with Gasteiger partial charge in [0.1, 0.15) is 11.5 Å². The molecule has 2 rings (SSSR count). The van der Waals surface area contributed by atoms with Crippen LogP contribution in [0.15, 0.2) is 42.5 Å². The number of rotatable bonds is 6. The molecule has 2 aromatic carbocycles. The Balaban J connectivity index is 0.000000271. The maximum absolute atomic E-state index is 9.23. The summed E-state index contributed by atoms with van der Waals surface area (Å²) in [6, 6.07) is 13.8. The van der Waals surface area contributed by atoms with Gasteiger partial charge in [0.2, 0.25) is 0 Å². The maximum Gasteiger partial charge on any atom is 0.132 e. The average Bonchev–Trinajstić information content (AvgIpc) is 2.68. The van der Waals surface area contributed by atoms with Crippen molar-refractivity contribution in [2.24, 2.45) is 0 Å². The van der Waals surface area contributed by atoms with Gasteiger partial charge in [-0.15, -0.1) is 0 Å². The molecular weight excluding hydrogens is 455 g/mol. The third-order valence-electron chi connectivity index (χ3n) is 4.60. The fraction of sp³-hybridized carbons (Fsp3) is 0.455. The molecule has 5 heteroatoms. The van der Waals surface area contributed by atoms with E-state index in [1.54, 1.807) is 14.2 Å². The minimum atomic E-state index is -0.188. The number of aliphatic hydroxyl groups is 2. The largest absolute Gasteiger partial charge is 0.497 e. The average molecular weight is 486 g/mol. The van der Waals surface area contributed by atoms with Crippen LogP contribution in [0.2, 0.25) is 0 Å². The molecule has 0 aromatic heterocycles. The van der Waals surface area contributed by atoms with Gasteiger partial charge in [0, 0.05) is 10.8 Å². The number of aliphatic hydroxyl groups excluding tert-OH is 2. The zero-order chi connectivity index (χ0) is 20.7. The van der Waals surface area contributed by atoms with Gasteiger partial charge < -0.3 is 19.7 Å². The highest BCUT2D eigenvalue weighted by molar-refractivity contribution is 14.1. The van der Waals surface area contributed by atoms with E-state index in [9.17, 15) is 5.11 Å². The van der Waals surface area contributed by atoms with Crippen molar-refractivity contribution < 1.29 is 19.7 Å². The summed E-state index contributed by atoms with van der Waals surface area (Å²) >= 11 is 2.24. The van der Waals surface area contributed by atoms with Gasteiger partial charge in [0.25, 0.3) is 0 Å². The molecule has 0 bridgehead atoms. The van der Waals surface area contributed by atoms with E-state index in [2.05, 4.69) is 28.7 Å². The lowest BCUT2D eigenvalue weighted by molar-refractivity contribution is 0.218. The topological polar surface area (TPSA) is 58.9 Å².